The topological polar surface area (TPSA) is 67.6 Å². The number of nitrogens with zero attached hydrogens (tertiary/aromatic N) is 2. The molecule has 0 spiro atoms. The van der Waals surface area contributed by atoms with Crippen LogP contribution in [-0.4, -0.2) is 24.4 Å². The lowest BCUT2D eigenvalue weighted by Crippen LogP contribution is -2.46. The Morgan fingerprint density at radius 1 is 1.57 bits per heavy atom. The van der Waals surface area contributed by atoms with Crippen molar-refractivity contribution >= 4 is 0 Å². The minimum Gasteiger partial charge on any atom is -0.771 e. The smallest absolute Gasteiger partial charge is 0.0180 e. The number of nitrogens with one attached hydrogen (secondary N) is 1. The van der Waals surface area contributed by atoms with Crippen molar-refractivity contribution in [2.24, 2.45) is 5.84 Å². The molecule has 44 valence electrons. The molecule has 5 heteroatoms. The van der Waals surface area contributed by atoms with Gasteiger partial charge in [-0.2, -0.15) is 10.7 Å². The van der Waals surface area contributed by atoms with Crippen LogP contribution < -0.4 is 11.4 Å². The summed E-state index contributed by atoms with van der Waals surface area (Å²) in [6, 6.07) is 0. The second-order valence-electron chi connectivity index (χ2n) is 1.12. The monoisotopic (exact) mass is 105 g/mol. The normalized spacial score (nSPS) is 11.1. The van der Waals surface area contributed by atoms with Crippen molar-refractivity contribution in [3.8, 4) is 0 Å². The third kappa shape index (κ3) is 2.49. The van der Waals surface area contributed by atoms with Gasteiger partial charge in [-0.15, -0.1) is 0 Å². The summed E-state index contributed by atoms with van der Waals surface area (Å²) in [4.78, 5) is 0. The molecule has 0 atom stereocenters. The molecule has 0 radical (unpaired) electrons. The average molecular weight is 105 g/mol. The van der Waals surface area contributed by atoms with Gasteiger partial charge in [0.15, 0.2) is 0 Å². The number of hydrogen-bond donors (Lipinski definition) is 2. The molecule has 0 aliphatic carbocycles. The predicted octanol–water partition coefficient (Wildman–Crippen LogP) is -1.36. The lowest BCUT2D eigenvalue weighted by atomic mass is 11.3. The first-order chi connectivity index (χ1) is 3.18. The molecule has 0 rings (SSSR count). The largest absolute Gasteiger partial charge is 0.771 e. The highest BCUT2D eigenvalue weighted by molar-refractivity contribution is 4.33. The zero-order chi connectivity index (χ0) is 5.86. The van der Waals surface area contributed by atoms with Gasteiger partial charge in [-0.3, -0.25) is 5.84 Å². The van der Waals surface area contributed by atoms with Crippen LogP contribution in [0.4, 0.5) is 0 Å². The summed E-state index contributed by atoms with van der Waals surface area (Å²) in [7, 11) is 2.84. The van der Waals surface area contributed by atoms with Crippen LogP contribution in [0.2, 0.25) is 0 Å². The molecule has 7 heavy (non-hydrogen) atoms. The third-order valence-electron chi connectivity index (χ3n) is 0.609. The summed E-state index contributed by atoms with van der Waals surface area (Å²) in [6.07, 6.45) is 0. The molecule has 3 N–H and O–H groups in total. The van der Waals surface area contributed by atoms with Crippen LogP contribution in [0.3, 0.4) is 0 Å². The summed E-state index contributed by atoms with van der Waals surface area (Å²) in [5.74, 6) is 4.81. The van der Waals surface area contributed by atoms with Crippen LogP contribution in [0.5, 0.6) is 0 Å². The highest BCUT2D eigenvalue weighted by Gasteiger charge is 1.84. The van der Waals surface area contributed by atoms with E-state index in [0.717, 1.165) is 5.12 Å². The third-order valence-corrected chi connectivity index (χ3v) is 0.609. The van der Waals surface area contributed by atoms with E-state index in [-0.39, 0.29) is 0 Å². The summed E-state index contributed by atoms with van der Waals surface area (Å²) >= 11 is 0. The Labute approximate surface area is 42.2 Å². The minimum absolute atomic E-state index is 0.569. The van der Waals surface area contributed by atoms with Gasteiger partial charge >= 0.3 is 0 Å². The molecular weight excluding hydrogens is 96.0 g/mol. The Hall–Kier alpha value is -0.200. The molecule has 0 fully saturated rings. The van der Waals surface area contributed by atoms with E-state index in [1.54, 1.807) is 0 Å². The van der Waals surface area contributed by atoms with Crippen LogP contribution in [0.25, 0.3) is 0 Å². The van der Waals surface area contributed by atoms with Crippen molar-refractivity contribution in [1.82, 2.24) is 15.8 Å². The number of rotatable bonds is 2. The van der Waals surface area contributed by atoms with Crippen molar-refractivity contribution in [3.63, 3.8) is 0 Å². The van der Waals surface area contributed by atoms with Gasteiger partial charge in [0, 0.05) is 7.05 Å². The fourth-order valence-electron chi connectivity index (χ4n) is 0.0813. The minimum atomic E-state index is 0.569. The highest BCUT2D eigenvalue weighted by Crippen LogP contribution is 1.74. The van der Waals surface area contributed by atoms with Gasteiger partial charge in [-0.25, -0.2) is 0 Å². The second-order valence-corrected chi connectivity index (χ2v) is 1.12. The van der Waals surface area contributed by atoms with Gasteiger partial charge in [0.2, 0.25) is 0 Å². The van der Waals surface area contributed by atoms with E-state index in [2.05, 4.69) is 5.53 Å². The summed E-state index contributed by atoms with van der Waals surface area (Å²) in [5.41, 5.74) is 2.11. The van der Waals surface area contributed by atoms with Crippen LogP contribution in [0.1, 0.15) is 0 Å². The molecular formula is C2H9N4O-. The average Bonchev–Trinajstić information content (AvgIpc) is 1.65. The van der Waals surface area contributed by atoms with Gasteiger partial charge in [0.25, 0.3) is 0 Å². The fourth-order valence-corrected chi connectivity index (χ4v) is 0.0813. The van der Waals surface area contributed by atoms with Crippen molar-refractivity contribution in [2.45, 2.75) is 0 Å². The predicted molar refractivity (Wildman–Crippen MR) is 26.2 cm³/mol. The molecule has 0 unspecified atom stereocenters. The molecule has 0 bridgehead atoms. The first kappa shape index (κ1) is 6.80. The van der Waals surface area contributed by atoms with E-state index in [9.17, 15) is 5.21 Å². The van der Waals surface area contributed by atoms with Crippen molar-refractivity contribution in [3.05, 3.63) is 5.21 Å². The molecule has 0 heterocycles. The van der Waals surface area contributed by atoms with Crippen molar-refractivity contribution in [2.75, 3.05) is 14.1 Å². The maximum atomic E-state index is 10.1. The molecule has 0 aliphatic heterocycles. The molecule has 0 aromatic carbocycles. The van der Waals surface area contributed by atoms with Crippen LogP contribution in [-0.2, 0) is 0 Å². The van der Waals surface area contributed by atoms with E-state index in [1.807, 2.05) is 0 Å². The van der Waals surface area contributed by atoms with Gasteiger partial charge < -0.3 is 10.4 Å². The Morgan fingerprint density at radius 3 is 2.00 bits per heavy atom. The molecule has 5 nitrogen and oxygen atoms in total. The Kier molecular flexibility index (Phi) is 2.81. The van der Waals surface area contributed by atoms with E-state index in [0.29, 0.717) is 5.17 Å². The molecule has 0 amide bonds. The molecule has 0 saturated heterocycles. The lowest BCUT2D eigenvalue weighted by Gasteiger charge is -2.31. The zero-order valence-electron chi connectivity index (χ0n) is 4.38. The Bertz CT molecular complexity index is 47.0. The lowest BCUT2D eigenvalue weighted by molar-refractivity contribution is 0.0214. The number of hydroxylamine groups is 1. The first-order valence-corrected chi connectivity index (χ1v) is 1.79. The molecule has 0 aliphatic rings. The maximum Gasteiger partial charge on any atom is 0.0180 e. The molecule has 0 aromatic rings. The van der Waals surface area contributed by atoms with Crippen LogP contribution in [0, 0.1) is 5.21 Å². The quantitative estimate of drug-likeness (QED) is 0.335. The number of nitrogens with two attached hydrogens (primary N) is 1. The Morgan fingerprint density at radius 2 is 2.00 bits per heavy atom. The van der Waals surface area contributed by atoms with Crippen molar-refractivity contribution < 1.29 is 0 Å². The summed E-state index contributed by atoms with van der Waals surface area (Å²) < 4.78 is 0. The SMILES string of the molecule is CN([O-])N(C)NN. The van der Waals surface area contributed by atoms with E-state index < -0.39 is 0 Å². The summed E-state index contributed by atoms with van der Waals surface area (Å²) in [5, 5.41) is 11.7. The standard InChI is InChI=1S/C2H9N4O/c1-5(4-3)6(2)7/h4H,3H2,1-2H3/q-1. The van der Waals surface area contributed by atoms with Gasteiger partial charge in [-0.1, -0.05) is 0 Å². The number of hydrazine groups is 3. The fraction of sp³-hybridized carbons (Fsp3) is 1.00. The Balaban J connectivity index is 3.14. The van der Waals surface area contributed by atoms with Gasteiger partial charge in [0.1, 0.15) is 0 Å². The summed E-state index contributed by atoms with van der Waals surface area (Å²) in [6.45, 7) is 0. The van der Waals surface area contributed by atoms with E-state index in [1.165, 1.54) is 14.1 Å². The maximum absolute atomic E-state index is 10.1. The number of hydrogen-bond acceptors (Lipinski definition) is 5. The highest BCUT2D eigenvalue weighted by atomic mass is 16.6. The second kappa shape index (κ2) is 2.89. The molecule has 0 saturated carbocycles. The van der Waals surface area contributed by atoms with Crippen molar-refractivity contribution in [1.29, 1.82) is 0 Å². The van der Waals surface area contributed by atoms with Crippen LogP contribution in [0.15, 0.2) is 0 Å². The molecule has 0 aromatic heterocycles. The first-order valence-electron chi connectivity index (χ1n) is 1.79. The van der Waals surface area contributed by atoms with Gasteiger partial charge in [0.05, 0.1) is 0 Å². The zero-order valence-corrected chi connectivity index (χ0v) is 4.38. The van der Waals surface area contributed by atoms with Gasteiger partial charge in [-0.05, 0) is 7.05 Å². The van der Waals surface area contributed by atoms with Crippen LogP contribution >= 0.6 is 0 Å². The van der Waals surface area contributed by atoms with E-state index >= 15 is 0 Å². The van der Waals surface area contributed by atoms with E-state index in [4.69, 9.17) is 5.84 Å².